The highest BCUT2D eigenvalue weighted by atomic mass is 16.5. The molecule has 5 heteroatoms. The highest BCUT2D eigenvalue weighted by molar-refractivity contribution is 5.93. The lowest BCUT2D eigenvalue weighted by atomic mass is 9.98. The van der Waals surface area contributed by atoms with E-state index in [-0.39, 0.29) is 5.91 Å². The van der Waals surface area contributed by atoms with Gasteiger partial charge in [0.1, 0.15) is 11.4 Å². The number of anilines is 1. The fourth-order valence-electron chi connectivity index (χ4n) is 3.13. The molecule has 1 amide bonds. The zero-order valence-corrected chi connectivity index (χ0v) is 14.2. The summed E-state index contributed by atoms with van der Waals surface area (Å²) >= 11 is 0. The largest absolute Gasteiger partial charge is 0.497 e. The van der Waals surface area contributed by atoms with E-state index in [1.165, 1.54) is 5.56 Å². The van der Waals surface area contributed by atoms with Gasteiger partial charge in [0, 0.05) is 37.4 Å². The van der Waals surface area contributed by atoms with E-state index < -0.39 is 0 Å². The minimum Gasteiger partial charge on any atom is -0.497 e. The average Bonchev–Trinajstić information content (AvgIpc) is 3.12. The van der Waals surface area contributed by atoms with Crippen LogP contribution in [0.3, 0.4) is 0 Å². The van der Waals surface area contributed by atoms with Crippen molar-refractivity contribution >= 4 is 11.6 Å². The van der Waals surface area contributed by atoms with Crippen molar-refractivity contribution in [2.24, 2.45) is 0 Å². The number of pyridine rings is 1. The molecule has 0 unspecified atom stereocenters. The molecular formula is C19H23N3O2. The molecule has 3 rings (SSSR count). The van der Waals surface area contributed by atoms with Crippen molar-refractivity contribution < 1.29 is 9.53 Å². The average molecular weight is 325 g/mol. The van der Waals surface area contributed by atoms with Crippen LogP contribution in [0.5, 0.6) is 5.75 Å². The Kier molecular flexibility index (Phi) is 4.99. The SMILES string of the molecule is CCNC(=O)c1cc(N2CC[C@@H](c3ccc(OC)cc3)C2)ccn1. The van der Waals surface area contributed by atoms with Gasteiger partial charge in [0.15, 0.2) is 0 Å². The summed E-state index contributed by atoms with van der Waals surface area (Å²) in [7, 11) is 1.68. The molecule has 0 bridgehead atoms. The van der Waals surface area contributed by atoms with Crippen LogP contribution in [0.1, 0.15) is 35.3 Å². The molecule has 2 heterocycles. The zero-order valence-electron chi connectivity index (χ0n) is 14.2. The molecular weight excluding hydrogens is 302 g/mol. The van der Waals surface area contributed by atoms with Gasteiger partial charge in [0.25, 0.3) is 5.91 Å². The third kappa shape index (κ3) is 3.50. The quantitative estimate of drug-likeness (QED) is 0.918. The Balaban J connectivity index is 1.71. The predicted molar refractivity (Wildman–Crippen MR) is 94.8 cm³/mol. The highest BCUT2D eigenvalue weighted by Crippen LogP contribution is 2.31. The Morgan fingerprint density at radius 2 is 2.12 bits per heavy atom. The molecule has 1 aromatic carbocycles. The molecule has 0 spiro atoms. The first-order chi connectivity index (χ1) is 11.7. The third-order valence-corrected chi connectivity index (χ3v) is 4.45. The minimum atomic E-state index is -0.120. The second-order valence-electron chi connectivity index (χ2n) is 5.96. The lowest BCUT2D eigenvalue weighted by Gasteiger charge is -2.19. The maximum atomic E-state index is 12.0. The van der Waals surface area contributed by atoms with Crippen molar-refractivity contribution in [3.8, 4) is 5.75 Å². The van der Waals surface area contributed by atoms with E-state index in [2.05, 4.69) is 27.3 Å². The van der Waals surface area contributed by atoms with Crippen molar-refractivity contribution in [3.63, 3.8) is 0 Å². The summed E-state index contributed by atoms with van der Waals surface area (Å²) in [5.41, 5.74) is 2.86. The van der Waals surface area contributed by atoms with Gasteiger partial charge in [-0.1, -0.05) is 12.1 Å². The minimum absolute atomic E-state index is 0.120. The Hall–Kier alpha value is -2.56. The fourth-order valence-corrected chi connectivity index (χ4v) is 3.13. The van der Waals surface area contributed by atoms with Gasteiger partial charge in [-0.25, -0.2) is 0 Å². The number of hydrogen-bond acceptors (Lipinski definition) is 4. The lowest BCUT2D eigenvalue weighted by molar-refractivity contribution is 0.0951. The van der Waals surface area contributed by atoms with Gasteiger partial charge in [-0.2, -0.15) is 0 Å². The van der Waals surface area contributed by atoms with E-state index in [0.29, 0.717) is 18.2 Å². The molecule has 0 radical (unpaired) electrons. The molecule has 1 atom stereocenters. The van der Waals surface area contributed by atoms with Crippen LogP contribution in [0.4, 0.5) is 5.69 Å². The monoisotopic (exact) mass is 325 g/mol. The Morgan fingerprint density at radius 1 is 1.33 bits per heavy atom. The van der Waals surface area contributed by atoms with Crippen LogP contribution in [0, 0.1) is 0 Å². The molecule has 1 saturated heterocycles. The van der Waals surface area contributed by atoms with Gasteiger partial charge >= 0.3 is 0 Å². The fraction of sp³-hybridized carbons (Fsp3) is 0.368. The second-order valence-corrected chi connectivity index (χ2v) is 5.96. The molecule has 1 aliphatic heterocycles. The van der Waals surface area contributed by atoms with E-state index in [1.807, 2.05) is 31.2 Å². The molecule has 126 valence electrons. The first-order valence-electron chi connectivity index (χ1n) is 8.34. The summed E-state index contributed by atoms with van der Waals surface area (Å²) in [5.74, 6) is 1.26. The van der Waals surface area contributed by atoms with E-state index >= 15 is 0 Å². The number of hydrogen-bond donors (Lipinski definition) is 1. The number of carbonyl (C=O) groups is 1. The molecule has 24 heavy (non-hydrogen) atoms. The molecule has 5 nitrogen and oxygen atoms in total. The summed E-state index contributed by atoms with van der Waals surface area (Å²) in [6, 6.07) is 12.1. The van der Waals surface area contributed by atoms with E-state index in [1.54, 1.807) is 13.3 Å². The summed E-state index contributed by atoms with van der Waals surface area (Å²) in [6.45, 7) is 4.44. The maximum Gasteiger partial charge on any atom is 0.269 e. The first-order valence-corrected chi connectivity index (χ1v) is 8.34. The van der Waals surface area contributed by atoms with Crippen molar-refractivity contribution in [1.82, 2.24) is 10.3 Å². The van der Waals surface area contributed by atoms with Crippen LogP contribution in [-0.4, -0.2) is 37.6 Å². The van der Waals surface area contributed by atoms with E-state index in [9.17, 15) is 4.79 Å². The van der Waals surface area contributed by atoms with Gasteiger partial charge in [-0.15, -0.1) is 0 Å². The normalized spacial score (nSPS) is 16.9. The smallest absolute Gasteiger partial charge is 0.269 e. The van der Waals surface area contributed by atoms with E-state index in [0.717, 1.165) is 30.9 Å². The van der Waals surface area contributed by atoms with Crippen LogP contribution in [0.25, 0.3) is 0 Å². The van der Waals surface area contributed by atoms with Crippen LogP contribution in [-0.2, 0) is 0 Å². The molecule has 1 aromatic heterocycles. The van der Waals surface area contributed by atoms with Crippen LogP contribution in [0.2, 0.25) is 0 Å². The second kappa shape index (κ2) is 7.34. The molecule has 1 aliphatic rings. The van der Waals surface area contributed by atoms with Gasteiger partial charge in [0.05, 0.1) is 7.11 Å². The third-order valence-electron chi connectivity index (χ3n) is 4.45. The molecule has 2 aromatic rings. The molecule has 1 N–H and O–H groups in total. The highest BCUT2D eigenvalue weighted by Gasteiger charge is 2.24. The van der Waals surface area contributed by atoms with Crippen molar-refractivity contribution in [2.75, 3.05) is 31.6 Å². The lowest BCUT2D eigenvalue weighted by Crippen LogP contribution is -2.25. The Morgan fingerprint density at radius 3 is 2.83 bits per heavy atom. The number of aromatic nitrogens is 1. The van der Waals surface area contributed by atoms with Gasteiger partial charge in [0.2, 0.25) is 0 Å². The molecule has 0 aliphatic carbocycles. The van der Waals surface area contributed by atoms with Crippen LogP contribution in [0.15, 0.2) is 42.6 Å². The number of carbonyl (C=O) groups excluding carboxylic acids is 1. The number of benzene rings is 1. The van der Waals surface area contributed by atoms with E-state index in [4.69, 9.17) is 4.74 Å². The van der Waals surface area contributed by atoms with Crippen molar-refractivity contribution in [3.05, 3.63) is 53.9 Å². The summed E-state index contributed by atoms with van der Waals surface area (Å²) < 4.78 is 5.22. The van der Waals surface area contributed by atoms with Gasteiger partial charge in [-0.05, 0) is 43.2 Å². The van der Waals surface area contributed by atoms with Crippen LogP contribution < -0.4 is 15.0 Å². The first kappa shape index (κ1) is 16.3. The number of nitrogens with zero attached hydrogens (tertiary/aromatic N) is 2. The predicted octanol–water partition coefficient (Wildman–Crippen LogP) is 2.83. The standard InChI is InChI=1S/C19H23N3O2/c1-3-20-19(23)18-12-16(8-10-21-18)22-11-9-15(13-22)14-4-6-17(24-2)7-5-14/h4-8,10,12,15H,3,9,11,13H2,1-2H3,(H,20,23)/t15-/m1/s1. The number of rotatable bonds is 5. The summed E-state index contributed by atoms with van der Waals surface area (Å²) in [6.07, 6.45) is 2.81. The van der Waals surface area contributed by atoms with Gasteiger partial charge in [-0.3, -0.25) is 9.78 Å². The Bertz CT molecular complexity index is 700. The number of ether oxygens (including phenoxy) is 1. The molecule has 0 saturated carbocycles. The topological polar surface area (TPSA) is 54.5 Å². The van der Waals surface area contributed by atoms with Crippen LogP contribution >= 0.6 is 0 Å². The van der Waals surface area contributed by atoms with Crippen molar-refractivity contribution in [2.45, 2.75) is 19.3 Å². The number of nitrogens with one attached hydrogen (secondary N) is 1. The summed E-state index contributed by atoms with van der Waals surface area (Å²) in [4.78, 5) is 18.4. The zero-order chi connectivity index (χ0) is 16.9. The summed E-state index contributed by atoms with van der Waals surface area (Å²) in [5, 5.41) is 2.79. The maximum absolute atomic E-state index is 12.0. The molecule has 1 fully saturated rings. The number of methoxy groups -OCH3 is 1. The number of amides is 1. The van der Waals surface area contributed by atoms with Gasteiger partial charge < -0.3 is 15.0 Å². The Labute approximate surface area is 142 Å². The van der Waals surface area contributed by atoms with Crippen molar-refractivity contribution in [1.29, 1.82) is 0 Å².